The van der Waals surface area contributed by atoms with Gasteiger partial charge in [0.05, 0.1) is 22.3 Å². The maximum atomic E-state index is 11.6. The third-order valence-corrected chi connectivity index (χ3v) is 4.70. The van der Waals surface area contributed by atoms with E-state index in [1.807, 2.05) is 54.9 Å². The molecule has 0 saturated heterocycles. The standard InChI is InChI=1S/C23H18N4O/c1-16(28)18-8-9-19(13-24)22(12-18)25-14-17-6-10-20(11-7-17)27-15-26-21-4-2-3-5-23(21)27/h2-12,15,25H,14H2,1H3. The van der Waals surface area contributed by atoms with Gasteiger partial charge in [-0.15, -0.1) is 0 Å². The maximum Gasteiger partial charge on any atom is 0.159 e. The molecule has 0 aliphatic rings. The lowest BCUT2D eigenvalue weighted by Crippen LogP contribution is -2.03. The Hall–Kier alpha value is -3.91. The van der Waals surface area contributed by atoms with Gasteiger partial charge in [-0.2, -0.15) is 5.26 Å². The van der Waals surface area contributed by atoms with Gasteiger partial charge in [0.2, 0.25) is 0 Å². The van der Waals surface area contributed by atoms with Gasteiger partial charge in [0.1, 0.15) is 12.4 Å². The minimum absolute atomic E-state index is 0.0237. The van der Waals surface area contributed by atoms with Gasteiger partial charge in [0.15, 0.2) is 5.78 Å². The molecule has 5 nitrogen and oxygen atoms in total. The average Bonchev–Trinajstić information content (AvgIpc) is 3.16. The fraction of sp³-hybridized carbons (Fsp3) is 0.0870. The van der Waals surface area contributed by atoms with Crippen molar-refractivity contribution in [3.63, 3.8) is 0 Å². The topological polar surface area (TPSA) is 70.7 Å². The molecule has 0 unspecified atom stereocenters. The number of carbonyl (C=O) groups excluding carboxylic acids is 1. The first-order chi connectivity index (χ1) is 13.7. The Bertz CT molecular complexity index is 1200. The van der Waals surface area contributed by atoms with Crippen LogP contribution in [0.3, 0.4) is 0 Å². The molecule has 0 spiro atoms. The van der Waals surface area contributed by atoms with Crippen molar-refractivity contribution in [2.45, 2.75) is 13.5 Å². The number of imidazole rings is 1. The van der Waals surface area contributed by atoms with Crippen molar-refractivity contribution in [1.29, 1.82) is 5.26 Å². The van der Waals surface area contributed by atoms with Crippen LogP contribution in [0.5, 0.6) is 0 Å². The molecule has 4 rings (SSSR count). The van der Waals surface area contributed by atoms with Crippen molar-refractivity contribution in [2.24, 2.45) is 0 Å². The van der Waals surface area contributed by atoms with Gasteiger partial charge < -0.3 is 5.32 Å². The second-order valence-electron chi connectivity index (χ2n) is 6.55. The monoisotopic (exact) mass is 366 g/mol. The van der Waals surface area contributed by atoms with Gasteiger partial charge in [0.25, 0.3) is 0 Å². The number of carbonyl (C=O) groups is 1. The summed E-state index contributed by atoms with van der Waals surface area (Å²) in [6.07, 6.45) is 1.82. The summed E-state index contributed by atoms with van der Waals surface area (Å²) in [5.74, 6) is -0.0237. The quantitative estimate of drug-likeness (QED) is 0.519. The summed E-state index contributed by atoms with van der Waals surface area (Å²) in [7, 11) is 0. The molecule has 0 fully saturated rings. The Morgan fingerprint density at radius 1 is 1.11 bits per heavy atom. The van der Waals surface area contributed by atoms with E-state index < -0.39 is 0 Å². The highest BCUT2D eigenvalue weighted by atomic mass is 16.1. The summed E-state index contributed by atoms with van der Waals surface area (Å²) >= 11 is 0. The SMILES string of the molecule is CC(=O)c1ccc(C#N)c(NCc2ccc(-n3cnc4ccccc43)cc2)c1. The zero-order chi connectivity index (χ0) is 19.5. The van der Waals surface area contributed by atoms with Crippen LogP contribution in [0.25, 0.3) is 16.7 Å². The van der Waals surface area contributed by atoms with E-state index in [-0.39, 0.29) is 5.78 Å². The molecule has 1 N–H and O–H groups in total. The van der Waals surface area contributed by atoms with Gasteiger partial charge >= 0.3 is 0 Å². The van der Waals surface area contributed by atoms with E-state index in [0.717, 1.165) is 22.3 Å². The molecule has 136 valence electrons. The van der Waals surface area contributed by atoms with Gasteiger partial charge in [-0.25, -0.2) is 4.98 Å². The van der Waals surface area contributed by atoms with Gasteiger partial charge in [-0.1, -0.05) is 24.3 Å². The lowest BCUT2D eigenvalue weighted by molar-refractivity contribution is 0.101. The molecule has 28 heavy (non-hydrogen) atoms. The van der Waals surface area contributed by atoms with Crippen LogP contribution in [-0.2, 0) is 6.54 Å². The van der Waals surface area contributed by atoms with E-state index in [1.165, 1.54) is 6.92 Å². The third-order valence-electron chi connectivity index (χ3n) is 4.70. The molecule has 0 amide bonds. The number of Topliss-reactive ketones (excluding diaryl/α,β-unsaturated/α-hetero) is 1. The van der Waals surface area contributed by atoms with Crippen LogP contribution in [0.4, 0.5) is 5.69 Å². The minimum Gasteiger partial charge on any atom is -0.380 e. The Balaban J connectivity index is 1.54. The molecule has 0 atom stereocenters. The van der Waals surface area contributed by atoms with E-state index in [0.29, 0.717) is 23.4 Å². The number of hydrogen-bond acceptors (Lipinski definition) is 4. The zero-order valence-electron chi connectivity index (χ0n) is 15.4. The second-order valence-corrected chi connectivity index (χ2v) is 6.55. The minimum atomic E-state index is -0.0237. The summed E-state index contributed by atoms with van der Waals surface area (Å²) < 4.78 is 2.05. The van der Waals surface area contributed by atoms with Crippen LogP contribution < -0.4 is 5.32 Å². The highest BCUT2D eigenvalue weighted by Crippen LogP contribution is 2.21. The summed E-state index contributed by atoms with van der Waals surface area (Å²) in [5.41, 5.74) is 5.91. The fourth-order valence-corrected chi connectivity index (χ4v) is 3.14. The lowest BCUT2D eigenvalue weighted by atomic mass is 10.1. The molecule has 1 aromatic heterocycles. The molecule has 1 heterocycles. The molecule has 0 saturated carbocycles. The molecular weight excluding hydrogens is 348 g/mol. The van der Waals surface area contributed by atoms with Gasteiger partial charge in [-0.05, 0) is 55.0 Å². The molecule has 0 radical (unpaired) electrons. The smallest absolute Gasteiger partial charge is 0.159 e. The fourth-order valence-electron chi connectivity index (χ4n) is 3.14. The molecular formula is C23H18N4O. The first-order valence-corrected chi connectivity index (χ1v) is 8.96. The number of hydrogen-bond donors (Lipinski definition) is 1. The number of benzene rings is 3. The molecule has 0 aliphatic carbocycles. The predicted molar refractivity (Wildman–Crippen MR) is 110 cm³/mol. The summed E-state index contributed by atoms with van der Waals surface area (Å²) in [6.45, 7) is 2.07. The van der Waals surface area contributed by atoms with Crippen LogP contribution in [0.15, 0.2) is 73.1 Å². The van der Waals surface area contributed by atoms with Crippen LogP contribution in [0.2, 0.25) is 0 Å². The van der Waals surface area contributed by atoms with E-state index in [4.69, 9.17) is 0 Å². The Labute approximate surface area is 162 Å². The van der Waals surface area contributed by atoms with Crippen molar-refractivity contribution < 1.29 is 4.79 Å². The number of nitrogens with one attached hydrogen (secondary N) is 1. The number of aromatic nitrogens is 2. The van der Waals surface area contributed by atoms with Crippen LogP contribution >= 0.6 is 0 Å². The summed E-state index contributed by atoms with van der Waals surface area (Å²) in [4.78, 5) is 16.0. The van der Waals surface area contributed by atoms with Crippen molar-refractivity contribution in [3.05, 3.63) is 89.7 Å². The van der Waals surface area contributed by atoms with E-state index >= 15 is 0 Å². The van der Waals surface area contributed by atoms with Crippen molar-refractivity contribution >= 4 is 22.5 Å². The summed E-state index contributed by atoms with van der Waals surface area (Å²) in [5, 5.41) is 12.6. The lowest BCUT2D eigenvalue weighted by Gasteiger charge is -2.11. The Kier molecular flexibility index (Phi) is 4.61. The third kappa shape index (κ3) is 3.36. The van der Waals surface area contributed by atoms with Gasteiger partial charge in [0, 0.05) is 17.8 Å². The normalized spacial score (nSPS) is 10.6. The number of rotatable bonds is 5. The zero-order valence-corrected chi connectivity index (χ0v) is 15.4. The first kappa shape index (κ1) is 17.5. The van der Waals surface area contributed by atoms with Crippen LogP contribution in [0, 0.1) is 11.3 Å². The number of para-hydroxylation sites is 2. The number of nitrogens with zero attached hydrogens (tertiary/aromatic N) is 3. The molecule has 0 bridgehead atoms. The Morgan fingerprint density at radius 2 is 1.89 bits per heavy atom. The van der Waals surface area contributed by atoms with Crippen molar-refractivity contribution in [3.8, 4) is 11.8 Å². The predicted octanol–water partition coefficient (Wildman–Crippen LogP) is 4.71. The van der Waals surface area contributed by atoms with E-state index in [2.05, 4.69) is 20.9 Å². The average molecular weight is 366 g/mol. The van der Waals surface area contributed by atoms with Crippen LogP contribution in [0.1, 0.15) is 28.4 Å². The van der Waals surface area contributed by atoms with Crippen LogP contribution in [-0.4, -0.2) is 15.3 Å². The highest BCUT2D eigenvalue weighted by Gasteiger charge is 2.07. The number of fused-ring (bicyclic) bond motifs is 1. The maximum absolute atomic E-state index is 11.6. The Morgan fingerprint density at radius 3 is 2.64 bits per heavy atom. The van der Waals surface area contributed by atoms with Gasteiger partial charge in [-0.3, -0.25) is 9.36 Å². The van der Waals surface area contributed by atoms with E-state index in [9.17, 15) is 10.1 Å². The molecule has 0 aliphatic heterocycles. The van der Waals surface area contributed by atoms with Crippen molar-refractivity contribution in [1.82, 2.24) is 9.55 Å². The molecule has 4 aromatic rings. The molecule has 3 aromatic carbocycles. The second kappa shape index (κ2) is 7.37. The number of nitriles is 1. The first-order valence-electron chi connectivity index (χ1n) is 8.96. The highest BCUT2D eigenvalue weighted by molar-refractivity contribution is 5.95. The number of anilines is 1. The van der Waals surface area contributed by atoms with Crippen molar-refractivity contribution in [2.75, 3.05) is 5.32 Å². The summed E-state index contributed by atoms with van der Waals surface area (Å²) in [6, 6.07) is 23.4. The number of ketones is 1. The van der Waals surface area contributed by atoms with E-state index in [1.54, 1.807) is 18.2 Å². The largest absolute Gasteiger partial charge is 0.380 e. The molecule has 5 heteroatoms.